The number of halogens is 1. The Morgan fingerprint density at radius 3 is 2.43 bits per heavy atom. The molecule has 47 heavy (non-hydrogen) atoms. The fraction of sp³-hybridized carbons (Fsp3) is 0.485. The van der Waals surface area contributed by atoms with E-state index in [2.05, 4.69) is 0 Å². The van der Waals surface area contributed by atoms with Gasteiger partial charge in [0.15, 0.2) is 29.3 Å². The number of esters is 1. The smallest absolute Gasteiger partial charge is 0.310 e. The van der Waals surface area contributed by atoms with E-state index in [1.807, 2.05) is 36.6 Å². The number of hydrogen-bond donors (Lipinski definition) is 2. The Bertz CT molecular complexity index is 1650. The summed E-state index contributed by atoms with van der Waals surface area (Å²) in [4.78, 5) is 14.5. The molecule has 1 aromatic heterocycles. The highest BCUT2D eigenvalue weighted by Crippen LogP contribution is 2.57. The lowest BCUT2D eigenvalue weighted by Gasteiger charge is -2.51. The molecular weight excluding hydrogens is 747 g/mol. The zero-order valence-corrected chi connectivity index (χ0v) is 28.8. The predicted molar refractivity (Wildman–Crippen MR) is 160 cm³/mol. The van der Waals surface area contributed by atoms with Crippen LogP contribution in [-0.2, 0) is 28.5 Å². The summed E-state index contributed by atoms with van der Waals surface area (Å²) in [6.45, 7) is 2.22. The molecule has 0 amide bonds. The van der Waals surface area contributed by atoms with Crippen LogP contribution in [0.5, 0.6) is 28.7 Å². The van der Waals surface area contributed by atoms with Crippen molar-refractivity contribution in [2.45, 2.75) is 53.3 Å². The third kappa shape index (κ3) is 4.98. The minimum absolute atomic E-state index is 0.0618. The van der Waals surface area contributed by atoms with Crippen molar-refractivity contribution >= 4 is 17.3 Å². The molecular formula is C33H34IO12S+. The second-order valence-electron chi connectivity index (χ2n) is 12.3. The van der Waals surface area contributed by atoms with Crippen LogP contribution in [0.3, 0.4) is 0 Å². The van der Waals surface area contributed by atoms with E-state index in [-0.39, 0.29) is 43.2 Å². The van der Waals surface area contributed by atoms with E-state index in [1.54, 1.807) is 34.7 Å². The average Bonchev–Trinajstić information content (AvgIpc) is 3.85. The van der Waals surface area contributed by atoms with Gasteiger partial charge in [-0.05, 0) is 59.3 Å². The molecule has 14 heteroatoms. The summed E-state index contributed by atoms with van der Waals surface area (Å²) in [5.74, 6) is -0.588. The molecule has 250 valence electrons. The van der Waals surface area contributed by atoms with Crippen molar-refractivity contribution in [3.8, 4) is 28.7 Å². The zero-order valence-electron chi connectivity index (χ0n) is 25.7. The van der Waals surface area contributed by atoms with Crippen LogP contribution in [0, 0.1) is 11.8 Å². The number of rotatable bonds is 6. The first-order chi connectivity index (χ1) is 22.7. The summed E-state index contributed by atoms with van der Waals surface area (Å²) in [7, 11) is 2.91. The predicted octanol–water partition coefficient (Wildman–Crippen LogP) is 0.436. The lowest BCUT2D eigenvalue weighted by atomic mass is 9.66. The normalized spacial score (nSPS) is 35.4. The summed E-state index contributed by atoms with van der Waals surface area (Å²) in [6.07, 6.45) is -3.68. The average molecular weight is 782 g/mol. The zero-order chi connectivity index (χ0) is 32.6. The van der Waals surface area contributed by atoms with Gasteiger partial charge in [0.25, 0.3) is 22.6 Å². The Balaban J connectivity index is 1.17. The molecule has 4 aliphatic heterocycles. The summed E-state index contributed by atoms with van der Waals surface area (Å²) < 4.78 is 53.5. The molecule has 0 bridgehead atoms. The molecule has 12 nitrogen and oxygen atoms in total. The third-order valence-corrected chi connectivity index (χ3v) is 12.2. The van der Waals surface area contributed by atoms with E-state index in [0.717, 1.165) is 16.0 Å². The fourth-order valence-corrected chi connectivity index (χ4v) is 9.27. The van der Waals surface area contributed by atoms with Gasteiger partial charge >= 0.3 is 5.97 Å². The topological polar surface area (TPSA) is 141 Å². The number of aromatic hydroxyl groups is 1. The first-order valence-corrected chi connectivity index (χ1v) is 17.5. The van der Waals surface area contributed by atoms with Crippen LogP contribution in [0.25, 0.3) is 0 Å². The lowest BCUT2D eigenvalue weighted by Crippen LogP contribution is -3.41. The maximum Gasteiger partial charge on any atom is 0.310 e. The number of phenols is 1. The monoisotopic (exact) mass is 781 g/mol. The van der Waals surface area contributed by atoms with Gasteiger partial charge in [-0.2, -0.15) is 0 Å². The molecule has 3 fully saturated rings. The highest BCUT2D eigenvalue weighted by Gasteiger charge is 2.62. The Morgan fingerprint density at radius 1 is 1.02 bits per heavy atom. The number of carbonyl (C=O) groups is 1. The van der Waals surface area contributed by atoms with Crippen molar-refractivity contribution in [1.82, 2.24) is 0 Å². The van der Waals surface area contributed by atoms with Gasteiger partial charge in [0.2, 0.25) is 22.8 Å². The van der Waals surface area contributed by atoms with E-state index in [1.165, 1.54) is 25.6 Å². The van der Waals surface area contributed by atoms with E-state index in [9.17, 15) is 15.0 Å². The molecule has 8 rings (SSSR count). The number of aliphatic hydroxyl groups excluding tert-OH is 1. The van der Waals surface area contributed by atoms with Crippen LogP contribution in [0.1, 0.15) is 46.8 Å². The number of fused-ring (bicyclic) bond motifs is 4. The number of alkyl halides is 1. The highest BCUT2D eigenvalue weighted by molar-refractivity contribution is 7.10. The van der Waals surface area contributed by atoms with E-state index >= 15 is 0 Å². The first kappa shape index (κ1) is 31.4. The Labute approximate surface area is 287 Å². The van der Waals surface area contributed by atoms with E-state index < -0.39 is 58.2 Å². The number of thiophene rings is 1. The van der Waals surface area contributed by atoms with Crippen LogP contribution >= 0.6 is 11.3 Å². The van der Waals surface area contributed by atoms with Crippen molar-refractivity contribution in [2.75, 3.05) is 34.2 Å². The van der Waals surface area contributed by atoms with Gasteiger partial charge in [0, 0.05) is 11.8 Å². The molecule has 0 radical (unpaired) electrons. The standard InChI is InChI=1S/C33H33IO12S/c1-33-23(12-41-31(46-33)22-5-4-6-47-22)44-32(26(34)29(33)36)45-28-16-10-19-18(42-13-43-19)9-15(16)24(25-17(28)11-40-30(25)37)14-7-20(38-2)27(35)21(8-14)39-3/h4-10,17,23-26,28-29,31-32,34,36H,11-13H2,1-3H3/p+1/t17-,23+,24+,25-,26?,28+,29+,31?,32-,33+/m0/s1. The molecule has 2 N–H and O–H groups in total. The second kappa shape index (κ2) is 11.9. The molecule has 2 unspecified atom stereocenters. The van der Waals surface area contributed by atoms with Gasteiger partial charge in [-0.3, -0.25) is 4.79 Å². The summed E-state index contributed by atoms with van der Waals surface area (Å²) in [6, 6.07) is 11.0. The number of hydrogen-bond acceptors (Lipinski definition) is 13. The number of cyclic esters (lactones) is 1. The highest BCUT2D eigenvalue weighted by atomic mass is 127. The molecule has 0 saturated carbocycles. The molecule has 0 spiro atoms. The maximum atomic E-state index is 13.6. The summed E-state index contributed by atoms with van der Waals surface area (Å²) >= 11 is 3.30. The number of phenolic OH excluding ortho intramolecular Hbond substituents is 1. The van der Waals surface area contributed by atoms with Crippen LogP contribution in [0.15, 0.2) is 41.8 Å². The summed E-state index contributed by atoms with van der Waals surface area (Å²) in [5.41, 5.74) is 1.20. The third-order valence-electron chi connectivity index (χ3n) is 9.90. The Morgan fingerprint density at radius 2 is 1.74 bits per heavy atom. The number of ether oxygens (including phenoxy) is 9. The van der Waals surface area contributed by atoms with Gasteiger partial charge in [-0.15, -0.1) is 11.3 Å². The number of carbonyl (C=O) groups excluding carboxylic acids is 1. The largest absolute Gasteiger partial charge is 0.502 e. The minimum Gasteiger partial charge on any atom is -0.502 e. The first-order valence-electron chi connectivity index (χ1n) is 15.2. The molecule has 3 aromatic rings. The van der Waals surface area contributed by atoms with Gasteiger partial charge in [0.1, 0.15) is 17.8 Å². The van der Waals surface area contributed by atoms with Gasteiger partial charge in [-0.1, -0.05) is 6.07 Å². The SMILES string of the molecule is COc1cc([C@@H]2c3cc4c(cc3[C@@H](O[C@@H]3O[C@@H]5COC(c6cccs6)O[C@@]5(C)[C@H](O)C3[IH+])[C@H]3COC(=O)[C@H]23)OCO4)cc(OC)c1O. The van der Waals surface area contributed by atoms with E-state index in [4.69, 9.17) is 42.6 Å². The summed E-state index contributed by atoms with van der Waals surface area (Å²) in [5, 5.41) is 24.3. The lowest BCUT2D eigenvalue weighted by molar-refractivity contribution is -0.524. The van der Waals surface area contributed by atoms with Gasteiger partial charge < -0.3 is 52.8 Å². The van der Waals surface area contributed by atoms with Gasteiger partial charge in [0.05, 0.1) is 44.3 Å². The number of methoxy groups -OCH3 is 2. The van der Waals surface area contributed by atoms with Crippen molar-refractivity contribution in [3.63, 3.8) is 0 Å². The van der Waals surface area contributed by atoms with Crippen LogP contribution in [0.2, 0.25) is 0 Å². The van der Waals surface area contributed by atoms with Crippen LogP contribution in [0.4, 0.5) is 0 Å². The Hall–Kier alpha value is -2.86. The molecule has 1 aliphatic carbocycles. The Kier molecular flexibility index (Phi) is 7.97. The quantitative estimate of drug-likeness (QED) is 0.204. The fourth-order valence-electron chi connectivity index (χ4n) is 7.43. The van der Waals surface area contributed by atoms with E-state index in [0.29, 0.717) is 17.1 Å². The molecule has 10 atom stereocenters. The van der Waals surface area contributed by atoms with Crippen molar-refractivity contribution < 1.29 is 80.2 Å². The molecule has 2 aromatic carbocycles. The molecule has 5 aliphatic rings. The maximum absolute atomic E-state index is 13.6. The number of benzene rings is 2. The number of aliphatic hydroxyl groups is 1. The van der Waals surface area contributed by atoms with Crippen molar-refractivity contribution in [1.29, 1.82) is 0 Å². The minimum atomic E-state index is -1.04. The van der Waals surface area contributed by atoms with Crippen LogP contribution in [-0.4, -0.2) is 78.4 Å². The molecule has 5 heterocycles. The molecule has 3 saturated heterocycles. The van der Waals surface area contributed by atoms with Crippen molar-refractivity contribution in [2.24, 2.45) is 11.8 Å². The second-order valence-corrected chi connectivity index (χ2v) is 14.9. The van der Waals surface area contributed by atoms with Crippen LogP contribution < -0.4 is 41.5 Å². The van der Waals surface area contributed by atoms with Crippen molar-refractivity contribution in [3.05, 3.63) is 63.3 Å². The van der Waals surface area contributed by atoms with Gasteiger partial charge in [-0.25, -0.2) is 0 Å².